The molecule has 1 aliphatic carbocycles. The van der Waals surface area contributed by atoms with Crippen LogP contribution in [0.4, 0.5) is 0 Å². The van der Waals surface area contributed by atoms with E-state index in [4.69, 9.17) is 9.72 Å². The van der Waals surface area contributed by atoms with Gasteiger partial charge in [-0.1, -0.05) is 69.3 Å². The Balaban J connectivity index is 1.55. The number of amides is 1. The summed E-state index contributed by atoms with van der Waals surface area (Å²) in [5.41, 5.74) is 4.44. The molecule has 172 valence electrons. The Morgan fingerprint density at radius 2 is 1.79 bits per heavy atom. The van der Waals surface area contributed by atoms with E-state index in [1.54, 1.807) is 0 Å². The molecular formula is C28H32N2O3. The Morgan fingerprint density at radius 3 is 2.52 bits per heavy atom. The number of hydrogen-bond donors (Lipinski definition) is 1. The Bertz CT molecular complexity index is 1160. The van der Waals surface area contributed by atoms with Gasteiger partial charge in [0, 0.05) is 11.1 Å². The molecule has 0 radical (unpaired) electrons. The highest BCUT2D eigenvalue weighted by Crippen LogP contribution is 2.39. The molecule has 5 heteroatoms. The first-order valence-electron chi connectivity index (χ1n) is 11.7. The number of benzene rings is 2. The fraction of sp³-hybridized carbons (Fsp3) is 0.393. The molecule has 5 nitrogen and oxygen atoms in total. The molecule has 0 saturated heterocycles. The van der Waals surface area contributed by atoms with E-state index in [9.17, 15) is 9.59 Å². The second-order valence-electron chi connectivity index (χ2n) is 10.0. The van der Waals surface area contributed by atoms with Crippen LogP contribution in [0, 0.1) is 11.3 Å². The van der Waals surface area contributed by atoms with Crippen LogP contribution < -0.4 is 5.32 Å². The van der Waals surface area contributed by atoms with Gasteiger partial charge in [-0.3, -0.25) is 9.78 Å². The minimum atomic E-state index is -0.457. The summed E-state index contributed by atoms with van der Waals surface area (Å²) < 4.78 is 5.54. The van der Waals surface area contributed by atoms with Gasteiger partial charge < -0.3 is 10.1 Å². The van der Waals surface area contributed by atoms with Crippen molar-refractivity contribution in [3.63, 3.8) is 0 Å². The summed E-state index contributed by atoms with van der Waals surface area (Å²) in [7, 11) is 0. The third-order valence-corrected chi connectivity index (χ3v) is 6.70. The lowest BCUT2D eigenvalue weighted by Crippen LogP contribution is -2.32. The van der Waals surface area contributed by atoms with Gasteiger partial charge in [-0.15, -0.1) is 0 Å². The van der Waals surface area contributed by atoms with Gasteiger partial charge in [0.05, 0.1) is 17.1 Å². The van der Waals surface area contributed by atoms with Gasteiger partial charge >= 0.3 is 5.97 Å². The number of carbonyl (C=O) groups is 2. The molecule has 2 atom stereocenters. The summed E-state index contributed by atoms with van der Waals surface area (Å²) in [4.78, 5) is 30.7. The molecule has 1 aliphatic rings. The highest BCUT2D eigenvalue weighted by atomic mass is 16.5. The van der Waals surface area contributed by atoms with Crippen molar-refractivity contribution in [2.45, 2.75) is 53.0 Å². The topological polar surface area (TPSA) is 68.3 Å². The number of hydrogen-bond acceptors (Lipinski definition) is 4. The minimum absolute atomic E-state index is 0.137. The van der Waals surface area contributed by atoms with Gasteiger partial charge in [0.25, 0.3) is 5.91 Å². The summed E-state index contributed by atoms with van der Waals surface area (Å²) in [6.45, 7) is 8.33. The lowest BCUT2D eigenvalue weighted by molar-refractivity contribution is -0.124. The van der Waals surface area contributed by atoms with Crippen molar-refractivity contribution >= 4 is 22.8 Å². The summed E-state index contributed by atoms with van der Waals surface area (Å²) in [6, 6.07) is 17.2. The van der Waals surface area contributed by atoms with Crippen molar-refractivity contribution in [1.29, 1.82) is 0 Å². The molecule has 1 heterocycles. The molecular weight excluding hydrogens is 412 g/mol. The van der Waals surface area contributed by atoms with Crippen LogP contribution in [0.25, 0.3) is 10.9 Å². The number of fused-ring (bicyclic) bond motifs is 2. The molecule has 0 fully saturated rings. The Labute approximate surface area is 195 Å². The third-order valence-electron chi connectivity index (χ3n) is 6.70. The molecule has 1 aromatic heterocycles. The summed E-state index contributed by atoms with van der Waals surface area (Å²) in [6.07, 6.45) is 2.69. The van der Waals surface area contributed by atoms with E-state index < -0.39 is 5.97 Å². The first-order chi connectivity index (χ1) is 15.7. The van der Waals surface area contributed by atoms with E-state index in [2.05, 4.69) is 26.1 Å². The number of aromatic nitrogens is 1. The van der Waals surface area contributed by atoms with Gasteiger partial charge in [0.2, 0.25) is 0 Å². The Hall–Kier alpha value is -3.21. The predicted molar refractivity (Wildman–Crippen MR) is 130 cm³/mol. The van der Waals surface area contributed by atoms with Gasteiger partial charge in [0.1, 0.15) is 0 Å². The average molecular weight is 445 g/mol. The average Bonchev–Trinajstić information content (AvgIpc) is 2.80. The van der Waals surface area contributed by atoms with E-state index in [1.807, 2.05) is 61.5 Å². The SMILES string of the molecule is CC(NC(=O)COC(=O)c1c2c(nc3ccccc13)CCC(C(C)(C)C)C2)c1ccccc1. The molecule has 0 aliphatic heterocycles. The number of nitrogens with one attached hydrogen (secondary N) is 1. The molecule has 2 unspecified atom stereocenters. The van der Waals surface area contributed by atoms with Crippen molar-refractivity contribution in [1.82, 2.24) is 10.3 Å². The van der Waals surface area contributed by atoms with E-state index in [1.165, 1.54) is 0 Å². The van der Waals surface area contributed by atoms with Gasteiger partial charge in [-0.05, 0) is 54.7 Å². The van der Waals surface area contributed by atoms with Crippen LogP contribution in [-0.2, 0) is 22.4 Å². The third kappa shape index (κ3) is 5.08. The van der Waals surface area contributed by atoms with Gasteiger partial charge in [0.15, 0.2) is 6.61 Å². The normalized spacial score (nSPS) is 16.7. The number of para-hydroxylation sites is 1. The first-order valence-corrected chi connectivity index (χ1v) is 11.7. The fourth-order valence-electron chi connectivity index (χ4n) is 4.67. The number of rotatable bonds is 5. The van der Waals surface area contributed by atoms with Crippen LogP contribution in [0.3, 0.4) is 0 Å². The van der Waals surface area contributed by atoms with Crippen molar-refractivity contribution < 1.29 is 14.3 Å². The number of nitrogens with zero attached hydrogens (tertiary/aromatic N) is 1. The second kappa shape index (κ2) is 9.34. The molecule has 3 aromatic rings. The summed E-state index contributed by atoms with van der Waals surface area (Å²) in [5, 5.41) is 3.69. The lowest BCUT2D eigenvalue weighted by atomic mass is 9.70. The quantitative estimate of drug-likeness (QED) is 0.534. The van der Waals surface area contributed by atoms with Crippen molar-refractivity contribution in [2.75, 3.05) is 6.61 Å². The number of aryl methyl sites for hydroxylation is 1. The smallest absolute Gasteiger partial charge is 0.339 e. The van der Waals surface area contributed by atoms with Crippen LogP contribution in [-0.4, -0.2) is 23.5 Å². The minimum Gasteiger partial charge on any atom is -0.452 e. The largest absolute Gasteiger partial charge is 0.452 e. The predicted octanol–water partition coefficient (Wildman–Crippen LogP) is 5.42. The maximum Gasteiger partial charge on any atom is 0.339 e. The van der Waals surface area contributed by atoms with Crippen LogP contribution in [0.2, 0.25) is 0 Å². The van der Waals surface area contributed by atoms with Gasteiger partial charge in [-0.2, -0.15) is 0 Å². The Kier molecular flexibility index (Phi) is 6.50. The molecule has 0 spiro atoms. The number of pyridine rings is 1. The van der Waals surface area contributed by atoms with Crippen LogP contribution in [0.5, 0.6) is 0 Å². The van der Waals surface area contributed by atoms with Gasteiger partial charge in [-0.25, -0.2) is 4.79 Å². The highest BCUT2D eigenvalue weighted by molar-refractivity contribution is 6.05. The molecule has 0 saturated carbocycles. The zero-order valence-electron chi connectivity index (χ0n) is 19.9. The highest BCUT2D eigenvalue weighted by Gasteiger charge is 2.33. The second-order valence-corrected chi connectivity index (χ2v) is 10.0. The van der Waals surface area contributed by atoms with Crippen molar-refractivity contribution in [2.24, 2.45) is 11.3 Å². The molecule has 2 aromatic carbocycles. The summed E-state index contributed by atoms with van der Waals surface area (Å²) >= 11 is 0. The fourth-order valence-corrected chi connectivity index (χ4v) is 4.67. The van der Waals surface area contributed by atoms with Crippen LogP contribution in [0.15, 0.2) is 54.6 Å². The standard InChI is InChI=1S/C28H32N2O3/c1-18(19-10-6-5-7-11-19)29-25(31)17-33-27(32)26-21-12-8-9-13-23(21)30-24-15-14-20(16-22(24)26)28(2,3)4/h5-13,18,20H,14-17H2,1-4H3,(H,29,31). The lowest BCUT2D eigenvalue weighted by Gasteiger charge is -2.35. The zero-order chi connectivity index (χ0) is 23.6. The van der Waals surface area contributed by atoms with Crippen LogP contribution in [0.1, 0.15) is 67.3 Å². The first kappa shape index (κ1) is 23.0. The molecule has 1 N–H and O–H groups in total. The maximum atomic E-state index is 13.3. The van der Waals surface area contributed by atoms with E-state index >= 15 is 0 Å². The molecule has 0 bridgehead atoms. The molecule has 4 rings (SSSR count). The monoisotopic (exact) mass is 444 g/mol. The van der Waals surface area contributed by atoms with E-state index in [0.29, 0.717) is 11.5 Å². The van der Waals surface area contributed by atoms with Crippen LogP contribution >= 0.6 is 0 Å². The number of ether oxygens (including phenoxy) is 1. The molecule has 1 amide bonds. The van der Waals surface area contributed by atoms with E-state index in [-0.39, 0.29) is 24.0 Å². The Morgan fingerprint density at radius 1 is 1.09 bits per heavy atom. The maximum absolute atomic E-state index is 13.3. The summed E-state index contributed by atoms with van der Waals surface area (Å²) in [5.74, 6) is -0.323. The number of esters is 1. The number of carbonyl (C=O) groups excluding carboxylic acids is 2. The van der Waals surface area contributed by atoms with Crippen molar-refractivity contribution in [3.8, 4) is 0 Å². The van der Waals surface area contributed by atoms with Crippen molar-refractivity contribution in [3.05, 3.63) is 77.0 Å². The molecule has 33 heavy (non-hydrogen) atoms. The van der Waals surface area contributed by atoms with E-state index in [0.717, 1.165) is 47.0 Å². The zero-order valence-corrected chi connectivity index (χ0v) is 19.9.